The minimum atomic E-state index is -0.981. The second-order valence-corrected chi connectivity index (χ2v) is 16.9. The van der Waals surface area contributed by atoms with Crippen molar-refractivity contribution in [1.82, 2.24) is 49.1 Å². The van der Waals surface area contributed by atoms with E-state index in [2.05, 4.69) is 58.8 Å². The molecule has 0 aliphatic carbocycles. The Labute approximate surface area is 431 Å². The number of methoxy groups -OCH3 is 4. The number of nitrogens with zero attached hydrogens (tertiary/aromatic N) is 9. The van der Waals surface area contributed by atoms with E-state index in [0.717, 1.165) is 87.6 Å². The van der Waals surface area contributed by atoms with E-state index < -0.39 is 5.97 Å². The molecular formula is C53H70N12O9. The van der Waals surface area contributed by atoms with Crippen LogP contribution in [0, 0.1) is 0 Å². The zero-order chi connectivity index (χ0) is 52.4. The van der Waals surface area contributed by atoms with Gasteiger partial charge < -0.3 is 49.8 Å². The molecular weight excluding hydrogens is 949 g/mol. The fourth-order valence-corrected chi connectivity index (χ4v) is 8.47. The van der Waals surface area contributed by atoms with Crippen LogP contribution in [0.1, 0.15) is 20.3 Å². The van der Waals surface area contributed by atoms with Crippen molar-refractivity contribution in [2.45, 2.75) is 33.4 Å². The zero-order valence-corrected chi connectivity index (χ0v) is 42.5. The monoisotopic (exact) mass is 1020 g/mol. The van der Waals surface area contributed by atoms with Gasteiger partial charge in [-0.1, -0.05) is 20.6 Å². The van der Waals surface area contributed by atoms with Crippen molar-refractivity contribution < 1.29 is 33.6 Å². The highest BCUT2D eigenvalue weighted by Crippen LogP contribution is 2.31. The number of aromatic nitrogens is 6. The summed E-state index contributed by atoms with van der Waals surface area (Å²) in [6.45, 7) is 16.4. The van der Waals surface area contributed by atoms with E-state index in [-0.39, 0.29) is 24.5 Å². The number of rotatable bonds is 18. The number of fused-ring (bicyclic) bond motifs is 2. The molecule has 4 N–H and O–H groups in total. The summed E-state index contributed by atoms with van der Waals surface area (Å²) in [7, 11) is 9.87. The lowest BCUT2D eigenvalue weighted by Gasteiger charge is -2.34. The Balaban J connectivity index is 0.000000249. The van der Waals surface area contributed by atoms with Gasteiger partial charge in [0.05, 0.1) is 28.4 Å². The number of pyridine rings is 2. The lowest BCUT2D eigenvalue weighted by molar-refractivity contribution is -0.131. The molecule has 0 unspecified atom stereocenters. The number of hydrogen-bond donors (Lipinski definition) is 4. The largest absolute Gasteiger partial charge is 0.497 e. The van der Waals surface area contributed by atoms with E-state index in [1.807, 2.05) is 41.3 Å². The number of carbonyl (C=O) groups is 2. The Morgan fingerprint density at radius 2 is 1.01 bits per heavy atom. The smallest absolute Gasteiger partial charge is 0.327 e. The molecule has 6 heterocycles. The molecule has 21 nitrogen and oxygen atoms in total. The molecule has 2 fully saturated rings. The SMILES string of the molecule is C.C=CC(=O)N1CCN(CCCn2c(=O)c(-c3cc(OC)cc(OC)c3)cc3cnc(NC)nc32)CC1.C=CC(=O)O.CNc1ncc2cc(-c3cc(OC)cc(OC)c3)c(=O)n(CCCN3CCNCC3)c2n1. The normalized spacial score (nSPS) is 13.5. The van der Waals surface area contributed by atoms with Gasteiger partial charge in [-0.2, -0.15) is 9.97 Å². The summed E-state index contributed by atoms with van der Waals surface area (Å²) in [6, 6.07) is 14.6. The summed E-state index contributed by atoms with van der Waals surface area (Å²) in [6.07, 6.45) is 7.29. The maximum absolute atomic E-state index is 13.7. The fourth-order valence-electron chi connectivity index (χ4n) is 8.47. The number of aryl methyl sites for hydroxylation is 2. The fraction of sp³-hybridized carbons (Fsp3) is 0.396. The number of hydrogen-bond acceptors (Lipinski definition) is 17. The molecule has 21 heteroatoms. The maximum atomic E-state index is 13.7. The second kappa shape index (κ2) is 27.8. The van der Waals surface area contributed by atoms with Crippen molar-refractivity contribution in [3.05, 3.63) is 107 Å². The quantitative estimate of drug-likeness (QED) is 0.0835. The number of aliphatic carboxylic acids is 1. The van der Waals surface area contributed by atoms with Gasteiger partial charge in [-0.25, -0.2) is 14.8 Å². The van der Waals surface area contributed by atoms with Crippen LogP contribution in [0.25, 0.3) is 44.3 Å². The van der Waals surface area contributed by atoms with E-state index in [1.54, 1.807) is 76.2 Å². The van der Waals surface area contributed by atoms with Crippen LogP contribution in [0.5, 0.6) is 23.0 Å². The number of ether oxygens (including phenoxy) is 4. The Morgan fingerprint density at radius 3 is 1.36 bits per heavy atom. The highest BCUT2D eigenvalue weighted by Gasteiger charge is 2.21. The predicted octanol–water partition coefficient (Wildman–Crippen LogP) is 4.94. The molecule has 2 aliphatic rings. The summed E-state index contributed by atoms with van der Waals surface area (Å²) in [5.41, 5.74) is 3.52. The first-order chi connectivity index (χ1) is 35.4. The molecule has 8 rings (SSSR count). The van der Waals surface area contributed by atoms with Crippen LogP contribution in [0.15, 0.2) is 95.8 Å². The molecule has 74 heavy (non-hydrogen) atoms. The number of anilines is 2. The van der Waals surface area contributed by atoms with Gasteiger partial charge in [-0.15, -0.1) is 0 Å². The number of carboxylic acid groups (broad SMARTS) is 1. The van der Waals surface area contributed by atoms with Crippen LogP contribution < -0.4 is 46.0 Å². The third-order valence-corrected chi connectivity index (χ3v) is 12.4. The highest BCUT2D eigenvalue weighted by molar-refractivity contribution is 5.87. The van der Waals surface area contributed by atoms with E-state index in [1.165, 1.54) is 6.08 Å². The average molecular weight is 1020 g/mol. The third kappa shape index (κ3) is 14.6. The first-order valence-electron chi connectivity index (χ1n) is 23.9. The zero-order valence-electron chi connectivity index (χ0n) is 42.5. The lowest BCUT2D eigenvalue weighted by atomic mass is 10.0. The lowest BCUT2D eigenvalue weighted by Crippen LogP contribution is -2.48. The molecule has 6 aromatic rings. The Morgan fingerprint density at radius 1 is 0.622 bits per heavy atom. The van der Waals surface area contributed by atoms with Crippen LogP contribution in [0.3, 0.4) is 0 Å². The summed E-state index contributed by atoms with van der Waals surface area (Å²) >= 11 is 0. The molecule has 0 spiro atoms. The summed E-state index contributed by atoms with van der Waals surface area (Å²) < 4.78 is 25.1. The number of amides is 1. The number of benzene rings is 2. The Bertz CT molecular complexity index is 2960. The van der Waals surface area contributed by atoms with E-state index in [9.17, 15) is 19.2 Å². The van der Waals surface area contributed by atoms with Crippen molar-refractivity contribution in [3.63, 3.8) is 0 Å². The van der Waals surface area contributed by atoms with Crippen molar-refractivity contribution in [2.75, 3.05) is 119 Å². The third-order valence-electron chi connectivity index (χ3n) is 12.4. The van der Waals surface area contributed by atoms with Gasteiger partial charge in [0, 0.05) is 132 Å². The second-order valence-electron chi connectivity index (χ2n) is 16.9. The van der Waals surface area contributed by atoms with Crippen molar-refractivity contribution >= 4 is 45.8 Å². The number of piperazine rings is 2. The molecule has 4 aromatic heterocycles. The molecule has 0 saturated carbocycles. The Hall–Kier alpha value is -7.88. The van der Waals surface area contributed by atoms with Crippen molar-refractivity contribution in [3.8, 4) is 45.3 Å². The summed E-state index contributed by atoms with van der Waals surface area (Å²) in [5.74, 6) is 2.40. The average Bonchev–Trinajstić information content (AvgIpc) is 3.43. The summed E-state index contributed by atoms with van der Waals surface area (Å²) in [5, 5.41) is 18.5. The molecule has 2 aliphatic heterocycles. The van der Waals surface area contributed by atoms with Crippen molar-refractivity contribution in [2.24, 2.45) is 0 Å². The van der Waals surface area contributed by atoms with Gasteiger partial charge >= 0.3 is 5.97 Å². The van der Waals surface area contributed by atoms with E-state index in [4.69, 9.17) is 24.1 Å². The molecule has 0 atom stereocenters. The van der Waals surface area contributed by atoms with Crippen LogP contribution in [-0.2, 0) is 22.7 Å². The van der Waals surface area contributed by atoms with Gasteiger partial charge in [0.15, 0.2) is 0 Å². The van der Waals surface area contributed by atoms with Crippen LogP contribution in [0.2, 0.25) is 0 Å². The van der Waals surface area contributed by atoms with E-state index in [0.29, 0.717) is 89.1 Å². The van der Waals surface area contributed by atoms with Crippen LogP contribution >= 0.6 is 0 Å². The van der Waals surface area contributed by atoms with E-state index >= 15 is 0 Å². The van der Waals surface area contributed by atoms with Gasteiger partial charge in [0.25, 0.3) is 11.1 Å². The molecule has 1 amide bonds. The minimum absolute atomic E-state index is 0. The maximum Gasteiger partial charge on any atom is 0.327 e. The first-order valence-corrected chi connectivity index (χ1v) is 23.9. The standard InChI is InChI=1S/C26H32N6O4.C23H30N6O3.C3H4O2.CH4/c1-5-23(33)31-11-9-30(10-12-31)7-6-8-32-24-19(17-28-26(27-2)29-24)15-22(25(32)34)18-13-20(35-3)16-21(14-18)36-4;1-24-23-26-15-17-13-20(16-11-18(31-2)14-19(12-16)32-3)22(30)29(21(17)27-23)8-4-7-28-9-5-25-6-10-28;1-2-3(4)5;/h5,13-17H,1,6-12H2,2-4H3,(H,27,28,29);11-15,25H,4-10H2,1-3H3,(H,24,26,27);2H,1H2,(H,4,5);1H4. The van der Waals surface area contributed by atoms with Crippen LogP contribution in [0.4, 0.5) is 11.9 Å². The molecule has 2 saturated heterocycles. The number of carbonyl (C=O) groups excluding carboxylic acids is 1. The topological polar surface area (TPSA) is 233 Å². The minimum Gasteiger partial charge on any atom is -0.497 e. The van der Waals surface area contributed by atoms with Gasteiger partial charge in [0.1, 0.15) is 34.3 Å². The number of nitrogens with one attached hydrogen (secondary N) is 3. The molecule has 0 bridgehead atoms. The van der Waals surface area contributed by atoms with Crippen molar-refractivity contribution in [1.29, 1.82) is 0 Å². The van der Waals surface area contributed by atoms with Gasteiger partial charge in [0.2, 0.25) is 17.8 Å². The molecule has 396 valence electrons. The Kier molecular flexibility index (Phi) is 21.4. The molecule has 0 radical (unpaired) electrons. The number of carboxylic acids is 1. The van der Waals surface area contributed by atoms with Gasteiger partial charge in [-0.3, -0.25) is 28.4 Å². The summed E-state index contributed by atoms with van der Waals surface area (Å²) in [4.78, 5) is 72.9. The highest BCUT2D eigenvalue weighted by atomic mass is 16.5. The first kappa shape index (κ1) is 57.0. The predicted molar refractivity (Wildman–Crippen MR) is 290 cm³/mol. The van der Waals surface area contributed by atoms with Crippen LogP contribution in [-0.4, -0.2) is 169 Å². The molecule has 2 aromatic carbocycles. The van der Waals surface area contributed by atoms with Gasteiger partial charge in [-0.05, 0) is 79.5 Å².